The van der Waals surface area contributed by atoms with E-state index in [1.165, 1.54) is 0 Å². The van der Waals surface area contributed by atoms with Crippen LogP contribution in [0.1, 0.15) is 13.3 Å². The number of hydrogen-bond acceptors (Lipinski definition) is 1. The van der Waals surface area contributed by atoms with E-state index in [4.69, 9.17) is 5.73 Å². The molecule has 6 heavy (non-hydrogen) atoms. The van der Waals surface area contributed by atoms with E-state index in [-0.39, 0.29) is 12.7 Å². The third-order valence-corrected chi connectivity index (χ3v) is 0.564. The van der Waals surface area contributed by atoms with Crippen LogP contribution in [0.5, 0.6) is 0 Å². The van der Waals surface area contributed by atoms with Crippen molar-refractivity contribution < 1.29 is 4.39 Å². The molecule has 0 aromatic rings. The monoisotopic (exact) mass is 91.1 g/mol. The fourth-order valence-corrected chi connectivity index (χ4v) is 0.172. The SMILES string of the molecule is CC(N)CCF. The second kappa shape index (κ2) is 3.09. The highest BCUT2D eigenvalue weighted by molar-refractivity contribution is 4.48. The Hall–Kier alpha value is -0.110. The zero-order chi connectivity index (χ0) is 4.99. The predicted molar refractivity (Wildman–Crippen MR) is 24.2 cm³/mol. The first-order valence-electron chi connectivity index (χ1n) is 2.09. The molecule has 0 saturated carbocycles. The summed E-state index contributed by atoms with van der Waals surface area (Å²) in [5, 5.41) is 0. The normalized spacial score (nSPS) is 14.5. The number of hydrogen-bond donors (Lipinski definition) is 1. The maximum atomic E-state index is 11.2. The van der Waals surface area contributed by atoms with Crippen LogP contribution in [0.25, 0.3) is 0 Å². The Balaban J connectivity index is 2.63. The molecular formula is C4H10FN. The van der Waals surface area contributed by atoms with E-state index in [9.17, 15) is 4.39 Å². The summed E-state index contributed by atoms with van der Waals surface area (Å²) in [6.45, 7) is 1.50. The number of alkyl halides is 1. The Bertz CT molecular complexity index is 28.7. The minimum atomic E-state index is -0.294. The van der Waals surface area contributed by atoms with Crippen LogP contribution in [-0.2, 0) is 0 Å². The molecule has 0 aromatic heterocycles. The summed E-state index contributed by atoms with van der Waals surface area (Å²) in [5.41, 5.74) is 5.16. The molecule has 0 aromatic carbocycles. The van der Waals surface area contributed by atoms with Crippen LogP contribution in [0.3, 0.4) is 0 Å². The molecule has 0 rings (SSSR count). The molecule has 0 saturated heterocycles. The van der Waals surface area contributed by atoms with Gasteiger partial charge < -0.3 is 5.73 Å². The minimum absolute atomic E-state index is 0.0231. The van der Waals surface area contributed by atoms with E-state index in [1.54, 1.807) is 6.92 Å². The van der Waals surface area contributed by atoms with Crippen molar-refractivity contribution >= 4 is 0 Å². The topological polar surface area (TPSA) is 26.0 Å². The van der Waals surface area contributed by atoms with Gasteiger partial charge in [-0.15, -0.1) is 0 Å². The quantitative estimate of drug-likeness (QED) is 0.531. The molecule has 0 fully saturated rings. The zero-order valence-electron chi connectivity index (χ0n) is 3.95. The van der Waals surface area contributed by atoms with Crippen molar-refractivity contribution in [2.24, 2.45) is 5.73 Å². The number of rotatable bonds is 2. The Kier molecular flexibility index (Phi) is 3.04. The van der Waals surface area contributed by atoms with Crippen LogP contribution in [0.15, 0.2) is 0 Å². The van der Waals surface area contributed by atoms with Gasteiger partial charge in [0.15, 0.2) is 0 Å². The van der Waals surface area contributed by atoms with E-state index in [0.717, 1.165) is 0 Å². The van der Waals surface area contributed by atoms with Gasteiger partial charge >= 0.3 is 0 Å². The largest absolute Gasteiger partial charge is 0.328 e. The number of nitrogens with two attached hydrogens (primary N) is 1. The summed E-state index contributed by atoms with van der Waals surface area (Å²) in [5.74, 6) is 0. The number of halogens is 1. The van der Waals surface area contributed by atoms with E-state index < -0.39 is 0 Å². The second-order valence-electron chi connectivity index (χ2n) is 1.45. The fourth-order valence-electron chi connectivity index (χ4n) is 0.172. The maximum Gasteiger partial charge on any atom is 0.0909 e. The van der Waals surface area contributed by atoms with Gasteiger partial charge in [-0.2, -0.15) is 0 Å². The summed E-state index contributed by atoms with van der Waals surface area (Å²) in [7, 11) is 0. The van der Waals surface area contributed by atoms with Crippen molar-refractivity contribution in [1.29, 1.82) is 0 Å². The summed E-state index contributed by atoms with van der Waals surface area (Å²) in [6, 6.07) is 0.0231. The van der Waals surface area contributed by atoms with Gasteiger partial charge in [0.25, 0.3) is 0 Å². The average Bonchev–Trinajstić information content (AvgIpc) is 1.35. The lowest BCUT2D eigenvalue weighted by Crippen LogP contribution is -2.14. The Morgan fingerprint density at radius 2 is 2.33 bits per heavy atom. The third kappa shape index (κ3) is 3.89. The highest BCUT2D eigenvalue weighted by Crippen LogP contribution is 1.83. The van der Waals surface area contributed by atoms with E-state index in [0.29, 0.717) is 6.42 Å². The van der Waals surface area contributed by atoms with Gasteiger partial charge in [-0.3, -0.25) is 4.39 Å². The van der Waals surface area contributed by atoms with Crippen molar-refractivity contribution in [3.63, 3.8) is 0 Å². The van der Waals surface area contributed by atoms with Crippen LogP contribution in [0, 0.1) is 0 Å². The summed E-state index contributed by atoms with van der Waals surface area (Å²) < 4.78 is 11.2. The standard InChI is InChI=1S/C4H10FN/c1-4(6)2-3-5/h4H,2-3,6H2,1H3. The first-order chi connectivity index (χ1) is 2.77. The minimum Gasteiger partial charge on any atom is -0.328 e. The fraction of sp³-hybridized carbons (Fsp3) is 1.00. The Labute approximate surface area is 37.3 Å². The van der Waals surface area contributed by atoms with Crippen LogP contribution >= 0.6 is 0 Å². The van der Waals surface area contributed by atoms with Gasteiger partial charge in [0.1, 0.15) is 0 Å². The summed E-state index contributed by atoms with van der Waals surface area (Å²) in [4.78, 5) is 0. The van der Waals surface area contributed by atoms with Crippen molar-refractivity contribution in [3.05, 3.63) is 0 Å². The molecule has 0 amide bonds. The molecule has 2 N–H and O–H groups in total. The average molecular weight is 91.1 g/mol. The predicted octanol–water partition coefficient (Wildman–Crippen LogP) is 0.693. The van der Waals surface area contributed by atoms with Crippen LogP contribution in [0.4, 0.5) is 4.39 Å². The summed E-state index contributed by atoms with van der Waals surface area (Å²) in [6.07, 6.45) is 0.486. The highest BCUT2D eigenvalue weighted by Gasteiger charge is 1.87. The molecule has 0 aliphatic heterocycles. The molecule has 1 nitrogen and oxygen atoms in total. The van der Waals surface area contributed by atoms with Crippen molar-refractivity contribution in [2.75, 3.05) is 6.67 Å². The van der Waals surface area contributed by atoms with E-state index in [2.05, 4.69) is 0 Å². The van der Waals surface area contributed by atoms with Crippen molar-refractivity contribution in [2.45, 2.75) is 19.4 Å². The van der Waals surface area contributed by atoms with Gasteiger partial charge in [0, 0.05) is 6.04 Å². The van der Waals surface area contributed by atoms with E-state index in [1.807, 2.05) is 0 Å². The van der Waals surface area contributed by atoms with Crippen molar-refractivity contribution in [3.8, 4) is 0 Å². The van der Waals surface area contributed by atoms with Gasteiger partial charge in [0.2, 0.25) is 0 Å². The second-order valence-corrected chi connectivity index (χ2v) is 1.45. The molecular weight excluding hydrogens is 81.0 g/mol. The highest BCUT2D eigenvalue weighted by atomic mass is 19.1. The molecule has 38 valence electrons. The maximum absolute atomic E-state index is 11.2. The van der Waals surface area contributed by atoms with Gasteiger partial charge in [-0.25, -0.2) is 0 Å². The lowest BCUT2D eigenvalue weighted by molar-refractivity contribution is 0.447. The molecule has 0 bridgehead atoms. The third-order valence-electron chi connectivity index (χ3n) is 0.564. The van der Waals surface area contributed by atoms with E-state index >= 15 is 0 Å². The lowest BCUT2D eigenvalue weighted by Gasteiger charge is -1.94. The molecule has 0 spiro atoms. The van der Waals surface area contributed by atoms with Gasteiger partial charge in [-0.1, -0.05) is 0 Å². The molecule has 0 radical (unpaired) electrons. The Morgan fingerprint density at radius 1 is 1.83 bits per heavy atom. The van der Waals surface area contributed by atoms with Crippen LogP contribution in [-0.4, -0.2) is 12.7 Å². The van der Waals surface area contributed by atoms with Gasteiger partial charge in [0.05, 0.1) is 6.67 Å². The van der Waals surface area contributed by atoms with Gasteiger partial charge in [-0.05, 0) is 13.3 Å². The molecule has 1 atom stereocenters. The summed E-state index contributed by atoms with van der Waals surface area (Å²) >= 11 is 0. The Morgan fingerprint density at radius 3 is 2.33 bits per heavy atom. The molecule has 1 unspecified atom stereocenters. The molecule has 0 heterocycles. The van der Waals surface area contributed by atoms with Crippen LogP contribution < -0.4 is 5.73 Å². The molecule has 0 aliphatic rings. The van der Waals surface area contributed by atoms with Crippen LogP contribution in [0.2, 0.25) is 0 Å². The zero-order valence-corrected chi connectivity index (χ0v) is 3.95. The molecule has 0 aliphatic carbocycles. The van der Waals surface area contributed by atoms with Crippen molar-refractivity contribution in [1.82, 2.24) is 0 Å². The lowest BCUT2D eigenvalue weighted by atomic mass is 10.3. The molecule has 2 heteroatoms. The first kappa shape index (κ1) is 5.89. The smallest absolute Gasteiger partial charge is 0.0909 e. The first-order valence-corrected chi connectivity index (χ1v) is 2.09.